The fraction of sp³-hybridized carbons (Fsp3) is 0.846. The minimum Gasteiger partial charge on any atom is -0.308 e. The van der Waals surface area contributed by atoms with Gasteiger partial charge in [-0.25, -0.2) is 4.79 Å². The Morgan fingerprint density at radius 1 is 1.41 bits per heavy atom. The van der Waals surface area contributed by atoms with E-state index in [0.29, 0.717) is 17.8 Å². The molecule has 2 aliphatic carbocycles. The van der Waals surface area contributed by atoms with Crippen LogP contribution in [0.3, 0.4) is 0 Å². The molecule has 94 valence electrons. The lowest BCUT2D eigenvalue weighted by Crippen LogP contribution is -2.57. The molecule has 3 rings (SSSR count). The SMILES string of the molecule is CCC1CCCCC12C(=N)NC(=O)N2C1CC1. The normalized spacial score (nSPS) is 37.7. The van der Waals surface area contributed by atoms with Crippen LogP contribution in [0.25, 0.3) is 0 Å². The zero-order chi connectivity index (χ0) is 12.0. The van der Waals surface area contributed by atoms with Crippen LogP contribution in [-0.2, 0) is 0 Å². The number of nitrogens with one attached hydrogen (secondary N) is 2. The van der Waals surface area contributed by atoms with Gasteiger partial charge in [-0.1, -0.05) is 26.2 Å². The summed E-state index contributed by atoms with van der Waals surface area (Å²) in [6.45, 7) is 2.19. The highest BCUT2D eigenvalue weighted by atomic mass is 16.2. The van der Waals surface area contributed by atoms with Gasteiger partial charge in [-0.2, -0.15) is 0 Å². The Hall–Kier alpha value is -1.06. The van der Waals surface area contributed by atoms with E-state index in [1.54, 1.807) is 0 Å². The lowest BCUT2D eigenvalue weighted by Gasteiger charge is -2.46. The van der Waals surface area contributed by atoms with Crippen LogP contribution in [0.4, 0.5) is 4.79 Å². The van der Waals surface area contributed by atoms with Crippen molar-refractivity contribution >= 4 is 11.9 Å². The van der Waals surface area contributed by atoms with E-state index in [0.717, 1.165) is 38.5 Å². The first-order valence-corrected chi connectivity index (χ1v) is 6.89. The van der Waals surface area contributed by atoms with E-state index in [1.807, 2.05) is 4.90 Å². The summed E-state index contributed by atoms with van der Waals surface area (Å²) in [4.78, 5) is 14.1. The number of hydrogen-bond acceptors (Lipinski definition) is 2. The summed E-state index contributed by atoms with van der Waals surface area (Å²) in [6.07, 6.45) is 7.87. The van der Waals surface area contributed by atoms with Crippen LogP contribution in [0.1, 0.15) is 51.9 Å². The van der Waals surface area contributed by atoms with E-state index in [-0.39, 0.29) is 11.6 Å². The van der Waals surface area contributed by atoms with E-state index in [2.05, 4.69) is 12.2 Å². The first-order chi connectivity index (χ1) is 8.20. The van der Waals surface area contributed by atoms with Crippen LogP contribution in [0.5, 0.6) is 0 Å². The van der Waals surface area contributed by atoms with E-state index >= 15 is 0 Å². The van der Waals surface area contributed by atoms with Crippen LogP contribution in [0, 0.1) is 11.3 Å². The van der Waals surface area contributed by atoms with Crippen LogP contribution in [0.15, 0.2) is 0 Å². The largest absolute Gasteiger partial charge is 0.323 e. The van der Waals surface area contributed by atoms with Crippen LogP contribution >= 0.6 is 0 Å². The van der Waals surface area contributed by atoms with E-state index in [9.17, 15) is 4.79 Å². The molecule has 2 N–H and O–H groups in total. The highest BCUT2D eigenvalue weighted by Gasteiger charge is 2.58. The first kappa shape index (κ1) is 11.1. The van der Waals surface area contributed by atoms with E-state index in [1.165, 1.54) is 6.42 Å². The van der Waals surface area contributed by atoms with Crippen molar-refractivity contribution in [2.75, 3.05) is 0 Å². The molecule has 2 unspecified atom stereocenters. The van der Waals surface area contributed by atoms with Crippen molar-refractivity contribution < 1.29 is 4.79 Å². The van der Waals surface area contributed by atoms with Gasteiger partial charge in [0.1, 0.15) is 11.4 Å². The summed E-state index contributed by atoms with van der Waals surface area (Å²) >= 11 is 0. The molecule has 4 nitrogen and oxygen atoms in total. The number of carbonyl (C=O) groups is 1. The van der Waals surface area contributed by atoms with E-state index in [4.69, 9.17) is 5.41 Å². The van der Waals surface area contributed by atoms with Gasteiger partial charge in [0.2, 0.25) is 0 Å². The van der Waals surface area contributed by atoms with Gasteiger partial charge in [-0.15, -0.1) is 0 Å². The third kappa shape index (κ3) is 1.42. The molecule has 2 saturated carbocycles. The number of carbonyl (C=O) groups excluding carboxylic acids is 1. The summed E-state index contributed by atoms with van der Waals surface area (Å²) in [5.41, 5.74) is -0.273. The number of hydrogen-bond donors (Lipinski definition) is 2. The molecular weight excluding hydrogens is 214 g/mol. The van der Waals surface area contributed by atoms with Gasteiger partial charge in [0.15, 0.2) is 0 Å². The van der Waals surface area contributed by atoms with Crippen molar-refractivity contribution in [1.29, 1.82) is 5.41 Å². The molecule has 0 aromatic rings. The molecule has 1 heterocycles. The van der Waals surface area contributed by atoms with Gasteiger partial charge in [0, 0.05) is 6.04 Å². The molecule has 2 atom stereocenters. The van der Waals surface area contributed by atoms with Gasteiger partial charge in [0.25, 0.3) is 0 Å². The average Bonchev–Trinajstić information content (AvgIpc) is 3.10. The zero-order valence-electron chi connectivity index (χ0n) is 10.5. The molecule has 1 aliphatic heterocycles. The summed E-state index contributed by atoms with van der Waals surface area (Å²) in [6, 6.07) is 0.392. The molecule has 3 aliphatic rings. The maximum absolute atomic E-state index is 12.1. The Kier molecular flexibility index (Phi) is 2.42. The van der Waals surface area contributed by atoms with Crippen molar-refractivity contribution in [1.82, 2.24) is 10.2 Å². The van der Waals surface area contributed by atoms with Gasteiger partial charge >= 0.3 is 6.03 Å². The molecule has 0 radical (unpaired) electrons. The standard InChI is InChI=1S/C13H21N3O/c1-2-9-5-3-4-8-13(9)11(14)15-12(17)16(13)10-6-7-10/h9-10H,2-8H2,1H3,(H2,14,15,17). The Labute approximate surface area is 102 Å². The second-order valence-electron chi connectivity index (χ2n) is 5.68. The molecule has 0 bridgehead atoms. The quantitative estimate of drug-likeness (QED) is 0.759. The maximum Gasteiger partial charge on any atom is 0.323 e. The smallest absolute Gasteiger partial charge is 0.308 e. The minimum absolute atomic E-state index is 0.0159. The summed E-state index contributed by atoms with van der Waals surface area (Å²) in [7, 11) is 0. The number of amidine groups is 1. The summed E-state index contributed by atoms with van der Waals surface area (Å²) in [5.74, 6) is 0.948. The van der Waals surface area contributed by atoms with Crippen molar-refractivity contribution in [2.24, 2.45) is 5.92 Å². The monoisotopic (exact) mass is 235 g/mol. The van der Waals surface area contributed by atoms with Gasteiger partial charge in [-0.3, -0.25) is 10.7 Å². The van der Waals surface area contributed by atoms with Crippen LogP contribution < -0.4 is 5.32 Å². The third-order valence-electron chi connectivity index (χ3n) is 4.75. The van der Waals surface area contributed by atoms with Gasteiger partial charge < -0.3 is 4.90 Å². The number of nitrogens with zero attached hydrogens (tertiary/aromatic N) is 1. The summed E-state index contributed by atoms with van der Waals surface area (Å²) < 4.78 is 0. The molecule has 4 heteroatoms. The lowest BCUT2D eigenvalue weighted by atomic mass is 9.70. The van der Waals surface area contributed by atoms with E-state index < -0.39 is 0 Å². The van der Waals surface area contributed by atoms with Crippen LogP contribution in [-0.4, -0.2) is 28.3 Å². The second kappa shape index (κ2) is 3.72. The van der Waals surface area contributed by atoms with Crippen molar-refractivity contribution in [3.05, 3.63) is 0 Å². The van der Waals surface area contributed by atoms with Crippen molar-refractivity contribution in [2.45, 2.75) is 63.5 Å². The molecular formula is C13H21N3O. The van der Waals surface area contributed by atoms with Gasteiger partial charge in [-0.05, 0) is 31.6 Å². The zero-order valence-corrected chi connectivity index (χ0v) is 10.5. The topological polar surface area (TPSA) is 56.2 Å². The minimum atomic E-state index is -0.273. The fourth-order valence-corrected chi connectivity index (χ4v) is 3.82. The van der Waals surface area contributed by atoms with Crippen molar-refractivity contribution in [3.63, 3.8) is 0 Å². The first-order valence-electron chi connectivity index (χ1n) is 6.89. The maximum atomic E-state index is 12.1. The Balaban J connectivity index is 2.00. The lowest BCUT2D eigenvalue weighted by molar-refractivity contribution is 0.0891. The molecule has 0 aromatic carbocycles. The molecule has 1 saturated heterocycles. The molecule has 1 spiro atoms. The van der Waals surface area contributed by atoms with Crippen LogP contribution in [0.2, 0.25) is 0 Å². The second-order valence-corrected chi connectivity index (χ2v) is 5.68. The third-order valence-corrected chi connectivity index (χ3v) is 4.75. The number of amides is 2. The highest BCUT2D eigenvalue weighted by Crippen LogP contribution is 2.47. The number of rotatable bonds is 2. The Morgan fingerprint density at radius 3 is 2.82 bits per heavy atom. The fourth-order valence-electron chi connectivity index (χ4n) is 3.82. The molecule has 17 heavy (non-hydrogen) atoms. The highest BCUT2D eigenvalue weighted by molar-refractivity contribution is 6.09. The Morgan fingerprint density at radius 2 is 2.18 bits per heavy atom. The average molecular weight is 235 g/mol. The number of urea groups is 1. The molecule has 2 amide bonds. The van der Waals surface area contributed by atoms with Gasteiger partial charge in [0.05, 0.1) is 0 Å². The predicted molar refractivity (Wildman–Crippen MR) is 66.1 cm³/mol. The molecule has 0 aromatic heterocycles. The van der Waals surface area contributed by atoms with Crippen molar-refractivity contribution in [3.8, 4) is 0 Å². The Bertz CT molecular complexity index is 364. The molecule has 3 fully saturated rings. The predicted octanol–water partition coefficient (Wildman–Crippen LogP) is 2.49. The summed E-state index contributed by atoms with van der Waals surface area (Å²) in [5, 5.41) is 11.0.